The number of amides is 3. The molecule has 2 aromatic carbocycles. The standard InChI is InChI=1S/C28H33N5O5S/c1-19(2)33(28(35)29-21-5-7-22(36-3)8-6-21)16-26-30-23(17-39-26)27(34)32-12-10-31(11-13-32)15-20-4-9-24-25(14-20)38-18-37-24/h4-9,14,17,19H,10-13,15-16,18H2,1-3H3,(H,29,35). The molecule has 0 atom stereocenters. The summed E-state index contributed by atoms with van der Waals surface area (Å²) in [6.45, 7) is 8.13. The van der Waals surface area contributed by atoms with Crippen LogP contribution in [0, 0.1) is 0 Å². The van der Waals surface area contributed by atoms with Gasteiger partial charge < -0.3 is 29.3 Å². The van der Waals surface area contributed by atoms with Crippen LogP contribution in [0.5, 0.6) is 17.2 Å². The Morgan fingerprint density at radius 3 is 2.54 bits per heavy atom. The summed E-state index contributed by atoms with van der Waals surface area (Å²) in [5.74, 6) is 2.22. The number of urea groups is 1. The quantitative estimate of drug-likeness (QED) is 0.446. The zero-order valence-corrected chi connectivity index (χ0v) is 23.2. The van der Waals surface area contributed by atoms with Gasteiger partial charge in [0.1, 0.15) is 16.5 Å². The number of benzene rings is 2. The number of hydrogen-bond donors (Lipinski definition) is 1. The number of thiazole rings is 1. The molecule has 2 aliphatic heterocycles. The van der Waals surface area contributed by atoms with Crippen LogP contribution in [-0.2, 0) is 13.1 Å². The zero-order chi connectivity index (χ0) is 27.4. The van der Waals surface area contributed by atoms with Crippen molar-refractivity contribution in [2.75, 3.05) is 45.4 Å². The number of nitrogens with one attached hydrogen (secondary N) is 1. The number of carbonyl (C=O) groups excluding carboxylic acids is 2. The number of anilines is 1. The van der Waals surface area contributed by atoms with Crippen LogP contribution >= 0.6 is 11.3 Å². The van der Waals surface area contributed by atoms with Crippen LogP contribution in [0.2, 0.25) is 0 Å². The van der Waals surface area contributed by atoms with Gasteiger partial charge in [0.2, 0.25) is 6.79 Å². The van der Waals surface area contributed by atoms with Crippen LogP contribution in [0.1, 0.15) is 34.9 Å². The van der Waals surface area contributed by atoms with E-state index in [-0.39, 0.29) is 24.8 Å². The van der Waals surface area contributed by atoms with Gasteiger partial charge in [-0.1, -0.05) is 6.07 Å². The molecule has 39 heavy (non-hydrogen) atoms. The van der Waals surface area contributed by atoms with Crippen LogP contribution in [-0.4, -0.2) is 77.7 Å². The van der Waals surface area contributed by atoms with Gasteiger partial charge in [0.25, 0.3) is 5.91 Å². The fraction of sp³-hybridized carbons (Fsp3) is 0.393. The highest BCUT2D eigenvalue weighted by atomic mass is 32.1. The van der Waals surface area contributed by atoms with Crippen molar-refractivity contribution in [3.05, 3.63) is 64.1 Å². The van der Waals surface area contributed by atoms with Crippen molar-refractivity contribution >= 4 is 29.0 Å². The van der Waals surface area contributed by atoms with Crippen molar-refractivity contribution in [1.29, 1.82) is 0 Å². The maximum absolute atomic E-state index is 13.2. The Balaban J connectivity index is 1.14. The van der Waals surface area contributed by atoms with Gasteiger partial charge in [-0.3, -0.25) is 9.69 Å². The first kappa shape index (κ1) is 26.8. The lowest BCUT2D eigenvalue weighted by Crippen LogP contribution is -2.48. The van der Waals surface area contributed by atoms with Crippen molar-refractivity contribution < 1.29 is 23.8 Å². The molecule has 0 spiro atoms. The molecule has 2 aliphatic rings. The summed E-state index contributed by atoms with van der Waals surface area (Å²) >= 11 is 1.40. The molecule has 3 heterocycles. The van der Waals surface area contributed by atoms with Gasteiger partial charge >= 0.3 is 6.03 Å². The Labute approximate surface area is 232 Å². The summed E-state index contributed by atoms with van der Waals surface area (Å²) in [5.41, 5.74) is 2.27. The lowest BCUT2D eigenvalue weighted by Gasteiger charge is -2.34. The second-order valence-electron chi connectivity index (χ2n) is 9.76. The second-order valence-corrected chi connectivity index (χ2v) is 10.7. The third kappa shape index (κ3) is 6.43. The number of ether oxygens (including phenoxy) is 3. The molecule has 10 nitrogen and oxygen atoms in total. The lowest BCUT2D eigenvalue weighted by molar-refractivity contribution is 0.0623. The monoisotopic (exact) mass is 551 g/mol. The van der Waals surface area contributed by atoms with Gasteiger partial charge in [-0.15, -0.1) is 11.3 Å². The van der Waals surface area contributed by atoms with Crippen molar-refractivity contribution in [3.63, 3.8) is 0 Å². The van der Waals surface area contributed by atoms with Crippen LogP contribution in [0.3, 0.4) is 0 Å². The van der Waals surface area contributed by atoms with E-state index in [0.717, 1.165) is 47.5 Å². The zero-order valence-electron chi connectivity index (χ0n) is 22.4. The van der Waals surface area contributed by atoms with E-state index >= 15 is 0 Å². The molecular formula is C28H33N5O5S. The molecule has 1 aromatic heterocycles. The van der Waals surface area contributed by atoms with E-state index in [1.807, 2.05) is 30.9 Å². The first-order valence-corrected chi connectivity index (χ1v) is 13.8. The smallest absolute Gasteiger partial charge is 0.322 e. The highest BCUT2D eigenvalue weighted by molar-refractivity contribution is 7.09. The normalized spacial score (nSPS) is 14.9. The summed E-state index contributed by atoms with van der Waals surface area (Å²) in [7, 11) is 1.60. The topological polar surface area (TPSA) is 96.5 Å². The van der Waals surface area contributed by atoms with Gasteiger partial charge in [-0.25, -0.2) is 9.78 Å². The molecule has 0 radical (unpaired) electrons. The summed E-state index contributed by atoms with van der Waals surface area (Å²) in [4.78, 5) is 36.6. The predicted molar refractivity (Wildman–Crippen MR) is 149 cm³/mol. The molecule has 5 rings (SSSR count). The van der Waals surface area contributed by atoms with Crippen LogP contribution in [0.25, 0.3) is 0 Å². The van der Waals surface area contributed by atoms with Gasteiger partial charge in [0, 0.05) is 49.8 Å². The average molecular weight is 552 g/mol. The van der Waals surface area contributed by atoms with Crippen molar-refractivity contribution in [1.82, 2.24) is 19.7 Å². The second kappa shape index (κ2) is 11.9. The summed E-state index contributed by atoms with van der Waals surface area (Å²) in [6.07, 6.45) is 0. The molecule has 3 amide bonds. The number of rotatable bonds is 8. The first-order valence-electron chi connectivity index (χ1n) is 13.0. The van der Waals surface area contributed by atoms with Gasteiger partial charge in [0.05, 0.1) is 13.7 Å². The van der Waals surface area contributed by atoms with Crippen molar-refractivity contribution in [2.24, 2.45) is 0 Å². The van der Waals surface area contributed by atoms with E-state index in [4.69, 9.17) is 14.2 Å². The average Bonchev–Trinajstić information content (AvgIpc) is 3.61. The van der Waals surface area contributed by atoms with Crippen LogP contribution < -0.4 is 19.5 Å². The van der Waals surface area contributed by atoms with Gasteiger partial charge in [-0.05, 0) is 55.8 Å². The fourth-order valence-electron chi connectivity index (χ4n) is 4.55. The van der Waals surface area contributed by atoms with E-state index in [9.17, 15) is 9.59 Å². The number of fused-ring (bicyclic) bond motifs is 1. The van der Waals surface area contributed by atoms with Gasteiger partial charge in [0.15, 0.2) is 11.5 Å². The molecule has 1 N–H and O–H groups in total. The number of aromatic nitrogens is 1. The molecule has 11 heteroatoms. The Bertz CT molecular complexity index is 1300. The maximum Gasteiger partial charge on any atom is 0.322 e. The molecule has 3 aromatic rings. The van der Waals surface area contributed by atoms with E-state index in [1.54, 1.807) is 41.7 Å². The molecule has 206 valence electrons. The highest BCUT2D eigenvalue weighted by Crippen LogP contribution is 2.33. The summed E-state index contributed by atoms with van der Waals surface area (Å²) in [5, 5.41) is 5.43. The molecular weight excluding hydrogens is 518 g/mol. The number of carbonyl (C=O) groups is 2. The maximum atomic E-state index is 13.2. The minimum absolute atomic E-state index is 0.0517. The fourth-order valence-corrected chi connectivity index (χ4v) is 5.32. The molecule has 0 aliphatic carbocycles. The first-order chi connectivity index (χ1) is 18.9. The molecule has 0 saturated carbocycles. The number of methoxy groups -OCH3 is 1. The van der Waals surface area contributed by atoms with Gasteiger partial charge in [-0.2, -0.15) is 0 Å². The Morgan fingerprint density at radius 1 is 1.08 bits per heavy atom. The number of piperazine rings is 1. The Kier molecular flexibility index (Phi) is 8.18. The minimum Gasteiger partial charge on any atom is -0.497 e. The third-order valence-corrected chi connectivity index (χ3v) is 7.64. The van der Waals surface area contributed by atoms with E-state index in [1.165, 1.54) is 11.3 Å². The highest BCUT2D eigenvalue weighted by Gasteiger charge is 2.26. The van der Waals surface area contributed by atoms with E-state index < -0.39 is 0 Å². The minimum atomic E-state index is -0.225. The summed E-state index contributed by atoms with van der Waals surface area (Å²) < 4.78 is 16.1. The van der Waals surface area contributed by atoms with Crippen LogP contribution in [0.4, 0.5) is 10.5 Å². The van der Waals surface area contributed by atoms with E-state index in [2.05, 4.69) is 21.3 Å². The lowest BCUT2D eigenvalue weighted by atomic mass is 10.1. The van der Waals surface area contributed by atoms with E-state index in [0.29, 0.717) is 31.0 Å². The molecule has 1 fully saturated rings. The largest absolute Gasteiger partial charge is 0.497 e. The van der Waals surface area contributed by atoms with Crippen molar-refractivity contribution in [2.45, 2.75) is 33.0 Å². The number of hydrogen-bond acceptors (Lipinski definition) is 8. The summed E-state index contributed by atoms with van der Waals surface area (Å²) in [6, 6.07) is 12.9. The SMILES string of the molecule is COc1ccc(NC(=O)N(Cc2nc(C(=O)N3CCN(Cc4ccc5c(c4)OCO5)CC3)cs2)C(C)C)cc1. The molecule has 0 unspecified atom stereocenters. The number of nitrogens with zero attached hydrogens (tertiary/aromatic N) is 4. The van der Waals surface area contributed by atoms with Crippen molar-refractivity contribution in [3.8, 4) is 17.2 Å². The third-order valence-electron chi connectivity index (χ3n) is 6.80. The predicted octanol–water partition coefficient (Wildman–Crippen LogP) is 4.28. The Morgan fingerprint density at radius 2 is 1.82 bits per heavy atom. The Hall–Kier alpha value is -3.83. The molecule has 1 saturated heterocycles. The molecule has 0 bridgehead atoms. The van der Waals surface area contributed by atoms with Crippen LogP contribution in [0.15, 0.2) is 47.8 Å².